The maximum atomic E-state index is 4.14. The molecular formula is C17H27N. The predicted molar refractivity (Wildman–Crippen MR) is 82.2 cm³/mol. The van der Waals surface area contributed by atoms with Crippen LogP contribution in [0.5, 0.6) is 0 Å². The minimum atomic E-state index is 0.476. The fourth-order valence-corrected chi connectivity index (χ4v) is 1.88. The van der Waals surface area contributed by atoms with Crippen molar-refractivity contribution in [1.29, 1.82) is 0 Å². The Kier molecular flexibility index (Phi) is 5.46. The van der Waals surface area contributed by atoms with E-state index in [4.69, 9.17) is 0 Å². The molecule has 0 unspecified atom stereocenters. The molecule has 0 atom stereocenters. The molecule has 0 aromatic heterocycles. The summed E-state index contributed by atoms with van der Waals surface area (Å²) in [5.74, 6) is 0.587. The number of hydrogen-bond donors (Lipinski definition) is 1. The van der Waals surface area contributed by atoms with Crippen molar-refractivity contribution >= 4 is 5.69 Å². The lowest BCUT2D eigenvalue weighted by Gasteiger charge is -2.15. The molecule has 0 aliphatic rings. The number of allylic oxidation sites excluding steroid dienone is 1. The smallest absolute Gasteiger partial charge is 0.0374 e. The molecule has 0 fully saturated rings. The van der Waals surface area contributed by atoms with Crippen molar-refractivity contribution < 1.29 is 0 Å². The average Bonchev–Trinajstić information content (AvgIpc) is 2.28. The van der Waals surface area contributed by atoms with Crippen LogP contribution in [-0.4, -0.2) is 6.04 Å². The van der Waals surface area contributed by atoms with Crippen LogP contribution < -0.4 is 5.32 Å². The first-order valence-electron chi connectivity index (χ1n) is 6.94. The highest BCUT2D eigenvalue weighted by Gasteiger charge is 2.04. The highest BCUT2D eigenvalue weighted by Crippen LogP contribution is 2.21. The Bertz CT molecular complexity index is 402. The lowest BCUT2D eigenvalue weighted by Crippen LogP contribution is -2.11. The molecule has 0 saturated heterocycles. The van der Waals surface area contributed by atoms with Gasteiger partial charge in [0, 0.05) is 11.7 Å². The van der Waals surface area contributed by atoms with E-state index in [1.807, 2.05) is 0 Å². The molecule has 1 aromatic rings. The average molecular weight is 245 g/mol. The van der Waals surface area contributed by atoms with E-state index in [1.165, 1.54) is 22.4 Å². The summed E-state index contributed by atoms with van der Waals surface area (Å²) in [6.45, 7) is 15.1. The second-order valence-electron chi connectivity index (χ2n) is 5.76. The monoisotopic (exact) mass is 245 g/mol. The van der Waals surface area contributed by atoms with Gasteiger partial charge in [0.15, 0.2) is 0 Å². The van der Waals surface area contributed by atoms with Crippen LogP contribution in [0.25, 0.3) is 0 Å². The Balaban J connectivity index is 2.70. The highest BCUT2D eigenvalue weighted by atomic mass is 14.9. The molecule has 100 valence electrons. The van der Waals surface area contributed by atoms with Crippen molar-refractivity contribution in [2.75, 3.05) is 5.32 Å². The standard InChI is InChI=1S/C17H27N/c1-12(2)14(5)7-9-16-10-8-15(6)17(11-16)18-13(3)4/h8,10-13,18H,5,7,9H2,1-4,6H3. The van der Waals surface area contributed by atoms with Crippen LogP contribution in [0.3, 0.4) is 0 Å². The van der Waals surface area contributed by atoms with Crippen molar-refractivity contribution in [2.45, 2.75) is 53.5 Å². The third-order valence-electron chi connectivity index (χ3n) is 3.30. The van der Waals surface area contributed by atoms with E-state index >= 15 is 0 Å². The van der Waals surface area contributed by atoms with Crippen molar-refractivity contribution in [3.05, 3.63) is 41.5 Å². The third-order valence-corrected chi connectivity index (χ3v) is 3.30. The van der Waals surface area contributed by atoms with Crippen molar-refractivity contribution in [3.8, 4) is 0 Å². The first-order valence-corrected chi connectivity index (χ1v) is 6.94. The van der Waals surface area contributed by atoms with Gasteiger partial charge >= 0.3 is 0 Å². The van der Waals surface area contributed by atoms with Crippen LogP contribution in [0.2, 0.25) is 0 Å². The van der Waals surface area contributed by atoms with E-state index in [9.17, 15) is 0 Å². The largest absolute Gasteiger partial charge is 0.383 e. The summed E-state index contributed by atoms with van der Waals surface area (Å²) in [4.78, 5) is 0. The number of hydrogen-bond acceptors (Lipinski definition) is 1. The van der Waals surface area contributed by atoms with Gasteiger partial charge in [0.2, 0.25) is 0 Å². The maximum Gasteiger partial charge on any atom is 0.0374 e. The normalized spacial score (nSPS) is 11.1. The zero-order valence-corrected chi connectivity index (χ0v) is 12.5. The molecule has 1 N–H and O–H groups in total. The molecule has 1 aromatic carbocycles. The quantitative estimate of drug-likeness (QED) is 0.698. The van der Waals surface area contributed by atoms with Gasteiger partial charge in [-0.1, -0.05) is 38.1 Å². The van der Waals surface area contributed by atoms with Crippen molar-refractivity contribution in [1.82, 2.24) is 0 Å². The van der Waals surface area contributed by atoms with Crippen LogP contribution >= 0.6 is 0 Å². The van der Waals surface area contributed by atoms with Crippen LogP contribution in [0.1, 0.15) is 45.2 Å². The van der Waals surface area contributed by atoms with E-state index in [1.54, 1.807) is 0 Å². The minimum Gasteiger partial charge on any atom is -0.383 e. The molecule has 0 spiro atoms. The number of aryl methyl sites for hydroxylation is 2. The van der Waals surface area contributed by atoms with Gasteiger partial charge in [-0.15, -0.1) is 0 Å². The number of rotatable bonds is 6. The molecule has 0 aliphatic carbocycles. The van der Waals surface area contributed by atoms with Gasteiger partial charge in [0.05, 0.1) is 0 Å². The molecule has 1 nitrogen and oxygen atoms in total. The molecule has 1 rings (SSSR count). The van der Waals surface area contributed by atoms with E-state index in [0.717, 1.165) is 12.8 Å². The molecular weight excluding hydrogens is 218 g/mol. The van der Waals surface area contributed by atoms with Gasteiger partial charge in [-0.3, -0.25) is 0 Å². The summed E-state index contributed by atoms with van der Waals surface area (Å²) in [7, 11) is 0. The topological polar surface area (TPSA) is 12.0 Å². The Labute approximate surface area is 112 Å². The summed E-state index contributed by atoms with van der Waals surface area (Å²) in [6.07, 6.45) is 2.17. The molecule has 0 aliphatic heterocycles. The Morgan fingerprint density at radius 3 is 2.44 bits per heavy atom. The minimum absolute atomic E-state index is 0.476. The third kappa shape index (κ3) is 4.56. The SMILES string of the molecule is C=C(CCc1ccc(C)c(NC(C)C)c1)C(C)C. The van der Waals surface area contributed by atoms with Crippen molar-refractivity contribution in [2.24, 2.45) is 5.92 Å². The Morgan fingerprint density at radius 1 is 1.22 bits per heavy atom. The molecule has 0 amide bonds. The second-order valence-corrected chi connectivity index (χ2v) is 5.76. The summed E-state index contributed by atoms with van der Waals surface area (Å²) < 4.78 is 0. The van der Waals surface area contributed by atoms with Gasteiger partial charge in [-0.2, -0.15) is 0 Å². The van der Waals surface area contributed by atoms with Gasteiger partial charge in [-0.05, 0) is 56.7 Å². The fraction of sp³-hybridized carbons (Fsp3) is 0.529. The molecule has 0 heterocycles. The first kappa shape index (κ1) is 14.8. The zero-order chi connectivity index (χ0) is 13.7. The van der Waals surface area contributed by atoms with Crippen LogP contribution in [0.4, 0.5) is 5.69 Å². The van der Waals surface area contributed by atoms with Crippen LogP contribution in [0, 0.1) is 12.8 Å². The summed E-state index contributed by atoms with van der Waals surface area (Å²) >= 11 is 0. The predicted octanol–water partition coefficient (Wildman–Crippen LogP) is 4.96. The van der Waals surface area contributed by atoms with Gasteiger partial charge < -0.3 is 5.32 Å². The van der Waals surface area contributed by atoms with E-state index in [-0.39, 0.29) is 0 Å². The maximum absolute atomic E-state index is 4.14. The number of benzene rings is 1. The van der Waals surface area contributed by atoms with Crippen molar-refractivity contribution in [3.63, 3.8) is 0 Å². The lowest BCUT2D eigenvalue weighted by atomic mass is 9.97. The van der Waals surface area contributed by atoms with Gasteiger partial charge in [0.1, 0.15) is 0 Å². The van der Waals surface area contributed by atoms with Gasteiger partial charge in [0.25, 0.3) is 0 Å². The number of nitrogens with one attached hydrogen (secondary N) is 1. The summed E-state index contributed by atoms with van der Waals surface area (Å²) in [5, 5.41) is 3.50. The Morgan fingerprint density at radius 2 is 1.89 bits per heavy atom. The molecule has 18 heavy (non-hydrogen) atoms. The second kappa shape index (κ2) is 6.63. The Hall–Kier alpha value is -1.24. The fourth-order valence-electron chi connectivity index (χ4n) is 1.88. The highest BCUT2D eigenvalue weighted by molar-refractivity contribution is 5.53. The molecule has 0 bridgehead atoms. The molecule has 1 heteroatoms. The summed E-state index contributed by atoms with van der Waals surface area (Å²) in [5.41, 5.74) is 5.31. The summed E-state index contributed by atoms with van der Waals surface area (Å²) in [6, 6.07) is 7.19. The zero-order valence-electron chi connectivity index (χ0n) is 12.5. The first-order chi connectivity index (χ1) is 8.40. The molecule has 0 saturated carbocycles. The van der Waals surface area contributed by atoms with Crippen LogP contribution in [0.15, 0.2) is 30.4 Å². The van der Waals surface area contributed by atoms with E-state index < -0.39 is 0 Å². The lowest BCUT2D eigenvalue weighted by molar-refractivity contribution is 0.713. The number of anilines is 1. The van der Waals surface area contributed by atoms with Crippen LogP contribution in [-0.2, 0) is 6.42 Å². The molecule has 0 radical (unpaired) electrons. The van der Waals surface area contributed by atoms with E-state index in [0.29, 0.717) is 12.0 Å². The van der Waals surface area contributed by atoms with E-state index in [2.05, 4.69) is 64.7 Å². The van der Waals surface area contributed by atoms with Gasteiger partial charge in [-0.25, -0.2) is 0 Å².